The molecule has 3 aromatic carbocycles. The van der Waals surface area contributed by atoms with Crippen molar-refractivity contribution in [1.29, 1.82) is 5.26 Å². The van der Waals surface area contributed by atoms with Crippen LogP contribution < -0.4 is 10.2 Å². The summed E-state index contributed by atoms with van der Waals surface area (Å²) in [7, 11) is 0. The summed E-state index contributed by atoms with van der Waals surface area (Å²) in [5.74, 6) is -1.11. The van der Waals surface area contributed by atoms with Crippen molar-refractivity contribution < 1.29 is 14.0 Å². The molecule has 0 radical (unpaired) electrons. The van der Waals surface area contributed by atoms with Gasteiger partial charge in [0.1, 0.15) is 22.5 Å². The van der Waals surface area contributed by atoms with Crippen LogP contribution >= 0.6 is 11.8 Å². The Hall–Kier alpha value is -3.89. The maximum Gasteiger partial charge on any atom is 0.264 e. The van der Waals surface area contributed by atoms with E-state index in [-0.39, 0.29) is 23.8 Å². The largest absolute Gasteiger partial charge is 0.347 e. The number of carbonyl (C=O) groups is 2. The fraction of sp³-hybridized carbons (Fsp3) is 0.179. The number of thioether (sulfide) groups is 1. The number of hydrogen-bond acceptors (Lipinski definition) is 4. The van der Waals surface area contributed by atoms with Crippen LogP contribution in [0.2, 0.25) is 0 Å². The van der Waals surface area contributed by atoms with Crippen molar-refractivity contribution >= 4 is 29.3 Å². The van der Waals surface area contributed by atoms with E-state index >= 15 is 0 Å². The molecule has 0 aliphatic carbocycles. The number of amides is 2. The molecule has 0 aromatic heterocycles. The van der Waals surface area contributed by atoms with Crippen LogP contribution in [0.3, 0.4) is 0 Å². The minimum Gasteiger partial charge on any atom is -0.347 e. The second-order valence-corrected chi connectivity index (χ2v) is 9.28. The van der Waals surface area contributed by atoms with Gasteiger partial charge in [-0.25, -0.2) is 4.39 Å². The number of carbonyl (C=O) groups excluding carboxylic acids is 2. The lowest BCUT2D eigenvalue weighted by Gasteiger charge is -2.19. The lowest BCUT2D eigenvalue weighted by molar-refractivity contribution is -0.117. The van der Waals surface area contributed by atoms with Gasteiger partial charge in [0.05, 0.1) is 5.25 Å². The fourth-order valence-electron chi connectivity index (χ4n) is 3.80. The van der Waals surface area contributed by atoms with E-state index in [2.05, 4.69) is 5.32 Å². The van der Waals surface area contributed by atoms with Crippen LogP contribution in [0.15, 0.2) is 89.5 Å². The van der Waals surface area contributed by atoms with Crippen LogP contribution in [-0.4, -0.2) is 17.1 Å². The zero-order valence-electron chi connectivity index (χ0n) is 19.2. The molecule has 1 unspecified atom stereocenters. The number of nitriles is 1. The van der Waals surface area contributed by atoms with E-state index in [1.165, 1.54) is 28.8 Å². The molecule has 1 aliphatic heterocycles. The highest BCUT2D eigenvalue weighted by Gasteiger charge is 2.40. The second-order valence-electron chi connectivity index (χ2n) is 8.09. The molecule has 176 valence electrons. The molecule has 1 saturated heterocycles. The Kier molecular flexibility index (Phi) is 7.64. The van der Waals surface area contributed by atoms with Crippen LogP contribution in [0.5, 0.6) is 0 Å². The minimum atomic E-state index is -0.549. The maximum atomic E-state index is 13.5. The van der Waals surface area contributed by atoms with E-state index in [1.54, 1.807) is 12.1 Å². The molecule has 3 aromatic rings. The molecule has 0 bridgehead atoms. The molecule has 0 spiro atoms. The van der Waals surface area contributed by atoms with Gasteiger partial charge in [-0.05, 0) is 53.8 Å². The number of hydrogen-bond donors (Lipinski definition) is 1. The number of nitrogens with zero attached hydrogens (tertiary/aromatic N) is 2. The fourth-order valence-corrected chi connectivity index (χ4v) is 5.11. The van der Waals surface area contributed by atoms with Gasteiger partial charge in [0.15, 0.2) is 0 Å². The Balaban J connectivity index is 1.67. The highest BCUT2D eigenvalue weighted by atomic mass is 32.2. The first kappa shape index (κ1) is 24.2. The summed E-state index contributed by atoms with van der Waals surface area (Å²) in [4.78, 5) is 28.0. The first-order valence-corrected chi connectivity index (χ1v) is 12.2. The Morgan fingerprint density at radius 2 is 1.66 bits per heavy atom. The third-order valence-corrected chi connectivity index (χ3v) is 7.00. The highest BCUT2D eigenvalue weighted by molar-refractivity contribution is 8.05. The van der Waals surface area contributed by atoms with Crippen molar-refractivity contribution in [1.82, 2.24) is 5.32 Å². The summed E-state index contributed by atoms with van der Waals surface area (Å²) in [6.45, 7) is 2.31. The van der Waals surface area contributed by atoms with Crippen LogP contribution in [0.1, 0.15) is 23.6 Å². The summed E-state index contributed by atoms with van der Waals surface area (Å²) < 4.78 is 13.4. The van der Waals surface area contributed by atoms with Gasteiger partial charge in [-0.15, -0.1) is 0 Å². The highest BCUT2D eigenvalue weighted by Crippen LogP contribution is 2.42. The molecule has 1 aliphatic rings. The molecule has 4 rings (SSSR count). The molecule has 35 heavy (non-hydrogen) atoms. The maximum absolute atomic E-state index is 13.5. The first-order valence-electron chi connectivity index (χ1n) is 11.3. The lowest BCUT2D eigenvalue weighted by Crippen LogP contribution is -2.32. The molecule has 1 N–H and O–H groups in total. The zero-order valence-corrected chi connectivity index (χ0v) is 20.0. The summed E-state index contributed by atoms with van der Waals surface area (Å²) in [5, 5.41) is 12.5. The number of nitrogens with one attached hydrogen (secondary N) is 1. The lowest BCUT2D eigenvalue weighted by atomic mass is 10.1. The van der Waals surface area contributed by atoms with Crippen LogP contribution in [0, 0.1) is 17.1 Å². The van der Waals surface area contributed by atoms with Gasteiger partial charge in [0.2, 0.25) is 5.91 Å². The summed E-state index contributed by atoms with van der Waals surface area (Å²) >= 11 is 1.19. The van der Waals surface area contributed by atoms with Gasteiger partial charge in [0, 0.05) is 12.2 Å². The van der Waals surface area contributed by atoms with Gasteiger partial charge in [-0.2, -0.15) is 5.26 Å². The van der Waals surface area contributed by atoms with E-state index in [0.717, 1.165) is 23.1 Å². The third kappa shape index (κ3) is 5.61. The number of rotatable bonds is 7. The summed E-state index contributed by atoms with van der Waals surface area (Å²) in [6.07, 6.45) is 1.20. The topological polar surface area (TPSA) is 73.2 Å². The predicted molar refractivity (Wildman–Crippen MR) is 136 cm³/mol. The minimum absolute atomic E-state index is 0.111. The van der Waals surface area contributed by atoms with Gasteiger partial charge < -0.3 is 5.32 Å². The van der Waals surface area contributed by atoms with Gasteiger partial charge in [-0.3, -0.25) is 14.5 Å². The van der Waals surface area contributed by atoms with E-state index in [1.807, 2.05) is 67.6 Å². The van der Waals surface area contributed by atoms with Gasteiger partial charge >= 0.3 is 0 Å². The van der Waals surface area contributed by atoms with Gasteiger partial charge in [0.25, 0.3) is 5.91 Å². The SMILES string of the molecule is CCc1ccc(N2C(=O)C(Cc3ccc(F)cc3)S/C2=C(/C#N)C(=O)NCc2ccccc2)cc1. The second kappa shape index (κ2) is 11.0. The standard InChI is InChI=1S/C28H24FN3O2S/c1-2-19-10-14-23(15-11-19)32-27(34)25(16-20-8-12-22(29)13-9-20)35-28(32)24(17-30)26(33)31-18-21-6-4-3-5-7-21/h3-15,25H,2,16,18H2,1H3,(H,31,33)/b28-24-. The molecule has 7 heteroatoms. The van der Waals surface area contributed by atoms with Crippen LogP contribution in [-0.2, 0) is 29.0 Å². The molecular weight excluding hydrogens is 461 g/mol. The number of halogens is 1. The van der Waals surface area contributed by atoms with Crippen LogP contribution in [0.25, 0.3) is 0 Å². The normalized spacial score (nSPS) is 16.7. The third-order valence-electron chi connectivity index (χ3n) is 5.74. The summed E-state index contributed by atoms with van der Waals surface area (Å²) in [5.41, 5.74) is 3.30. The van der Waals surface area contributed by atoms with E-state index in [9.17, 15) is 19.2 Å². The molecule has 0 saturated carbocycles. The monoisotopic (exact) mass is 485 g/mol. The Morgan fingerprint density at radius 1 is 1.00 bits per heavy atom. The molecule has 1 atom stereocenters. The zero-order chi connectivity index (χ0) is 24.8. The van der Waals surface area contributed by atoms with E-state index < -0.39 is 11.2 Å². The van der Waals surface area contributed by atoms with E-state index in [0.29, 0.717) is 17.1 Å². The molecular formula is C28H24FN3O2S. The Bertz CT molecular complexity index is 1280. The quantitative estimate of drug-likeness (QED) is 0.372. The number of aryl methyl sites for hydroxylation is 1. The molecule has 1 heterocycles. The average molecular weight is 486 g/mol. The summed E-state index contributed by atoms with van der Waals surface area (Å²) in [6, 6.07) is 24.9. The smallest absolute Gasteiger partial charge is 0.264 e. The van der Waals surface area contributed by atoms with Gasteiger partial charge in [-0.1, -0.05) is 73.3 Å². The van der Waals surface area contributed by atoms with Crippen molar-refractivity contribution in [3.8, 4) is 6.07 Å². The predicted octanol–water partition coefficient (Wildman–Crippen LogP) is 5.13. The molecule has 2 amide bonds. The molecule has 5 nitrogen and oxygen atoms in total. The van der Waals surface area contributed by atoms with Crippen molar-refractivity contribution in [3.05, 3.63) is 112 Å². The van der Waals surface area contributed by atoms with Crippen molar-refractivity contribution in [2.45, 2.75) is 31.6 Å². The first-order chi connectivity index (χ1) is 17.0. The van der Waals surface area contributed by atoms with E-state index in [4.69, 9.17) is 0 Å². The van der Waals surface area contributed by atoms with Crippen molar-refractivity contribution in [2.24, 2.45) is 0 Å². The average Bonchev–Trinajstić information content (AvgIpc) is 3.20. The number of benzene rings is 3. The van der Waals surface area contributed by atoms with Crippen molar-refractivity contribution in [2.75, 3.05) is 4.90 Å². The van der Waals surface area contributed by atoms with Crippen LogP contribution in [0.4, 0.5) is 10.1 Å². The Labute approximate surface area is 208 Å². The number of anilines is 1. The molecule has 1 fully saturated rings. The van der Waals surface area contributed by atoms with Crippen molar-refractivity contribution in [3.63, 3.8) is 0 Å². The Morgan fingerprint density at radius 3 is 2.29 bits per heavy atom.